The Balaban J connectivity index is 0.000000363. The van der Waals surface area contributed by atoms with Crippen molar-refractivity contribution in [1.29, 1.82) is 0 Å². The first-order chi connectivity index (χ1) is 19.6. The minimum absolute atomic E-state index is 0.693. The molecule has 2 aliphatic rings. The standard InChI is InChI=1S/C17H23N5.3C2HF3O2/c1-20-11-14(10-19-20)12-21-8-5-17-16(21)6-9-22(17)13-15-4-2-3-7-18-15;3*3-2(4,5)1(6)7/h2-4,7,10-11,16-17H,5-6,8-9,12-13H2,1H3;3*(H,6,7)/t16-,17+;;;/m0.../s1. The second-order valence-electron chi connectivity index (χ2n) is 8.91. The summed E-state index contributed by atoms with van der Waals surface area (Å²) in [4.78, 5) is 36.4. The van der Waals surface area contributed by atoms with Crippen LogP contribution in [0, 0.1) is 0 Å². The second-order valence-corrected chi connectivity index (χ2v) is 8.91. The third kappa shape index (κ3) is 13.3. The third-order valence-electron chi connectivity index (χ3n) is 5.77. The van der Waals surface area contributed by atoms with Crippen molar-refractivity contribution >= 4 is 17.9 Å². The molecule has 20 heteroatoms. The van der Waals surface area contributed by atoms with E-state index in [1.54, 1.807) is 0 Å². The summed E-state index contributed by atoms with van der Waals surface area (Å²) < 4.78 is 97.1. The minimum atomic E-state index is -5.08. The maximum atomic E-state index is 10.6. The molecule has 2 aromatic heterocycles. The molecular formula is C23H26F9N5O6. The summed E-state index contributed by atoms with van der Waals surface area (Å²) in [7, 11) is 1.99. The number of alkyl halides is 9. The number of halogens is 9. The van der Waals surface area contributed by atoms with Gasteiger partial charge in [-0.05, 0) is 25.0 Å². The normalized spacial score (nSPS) is 18.7. The summed E-state index contributed by atoms with van der Waals surface area (Å²) in [5.74, 6) is -8.27. The Morgan fingerprint density at radius 2 is 1.21 bits per heavy atom. The highest BCUT2D eigenvalue weighted by atomic mass is 19.4. The Kier molecular flexibility index (Phi) is 13.4. The first-order valence-corrected chi connectivity index (χ1v) is 11.9. The zero-order valence-electron chi connectivity index (χ0n) is 22.1. The van der Waals surface area contributed by atoms with Gasteiger partial charge in [0.05, 0.1) is 11.9 Å². The Hall–Kier alpha value is -3.94. The average molecular weight is 639 g/mol. The van der Waals surface area contributed by atoms with E-state index in [2.05, 4.69) is 38.2 Å². The van der Waals surface area contributed by atoms with Crippen LogP contribution in [0.2, 0.25) is 0 Å². The van der Waals surface area contributed by atoms with Gasteiger partial charge in [0, 0.05) is 63.3 Å². The van der Waals surface area contributed by atoms with E-state index < -0.39 is 36.4 Å². The number of fused-ring (bicyclic) bond motifs is 1. The highest BCUT2D eigenvalue weighted by Crippen LogP contribution is 2.33. The number of carbonyl (C=O) groups is 3. The number of nitrogens with zero attached hydrogens (tertiary/aromatic N) is 5. The first kappa shape index (κ1) is 37.1. The van der Waals surface area contributed by atoms with E-state index in [-0.39, 0.29) is 0 Å². The van der Waals surface area contributed by atoms with E-state index in [1.807, 2.05) is 30.2 Å². The van der Waals surface area contributed by atoms with Crippen molar-refractivity contribution in [2.75, 3.05) is 13.1 Å². The van der Waals surface area contributed by atoms with Gasteiger partial charge >= 0.3 is 36.4 Å². The molecule has 242 valence electrons. The van der Waals surface area contributed by atoms with Gasteiger partial charge < -0.3 is 15.3 Å². The summed E-state index contributed by atoms with van der Waals surface area (Å²) in [6, 6.07) is 7.60. The number of hydrogen-bond acceptors (Lipinski definition) is 7. The lowest BCUT2D eigenvalue weighted by atomic mass is 10.1. The molecule has 2 atom stereocenters. The molecule has 4 heterocycles. The van der Waals surface area contributed by atoms with E-state index in [1.165, 1.54) is 37.2 Å². The maximum Gasteiger partial charge on any atom is 0.490 e. The molecule has 0 radical (unpaired) electrons. The van der Waals surface area contributed by atoms with Crippen LogP contribution < -0.4 is 0 Å². The molecule has 2 aromatic rings. The number of aliphatic carboxylic acids is 3. The first-order valence-electron chi connectivity index (χ1n) is 11.9. The summed E-state index contributed by atoms with van der Waals surface area (Å²) in [6.45, 7) is 4.41. The van der Waals surface area contributed by atoms with Gasteiger partial charge in [0.2, 0.25) is 0 Å². The van der Waals surface area contributed by atoms with Crippen LogP contribution in [0.4, 0.5) is 39.5 Å². The highest BCUT2D eigenvalue weighted by molar-refractivity contribution is 5.73. The number of pyridine rings is 1. The van der Waals surface area contributed by atoms with Crippen LogP contribution in [0.5, 0.6) is 0 Å². The van der Waals surface area contributed by atoms with Crippen LogP contribution in [0.15, 0.2) is 36.8 Å². The summed E-state index contributed by atoms with van der Waals surface area (Å²) in [5.41, 5.74) is 2.51. The van der Waals surface area contributed by atoms with Crippen molar-refractivity contribution in [1.82, 2.24) is 24.6 Å². The van der Waals surface area contributed by atoms with Gasteiger partial charge in [-0.2, -0.15) is 44.6 Å². The molecule has 11 nitrogen and oxygen atoms in total. The van der Waals surface area contributed by atoms with Gasteiger partial charge in [-0.3, -0.25) is 19.5 Å². The van der Waals surface area contributed by atoms with Crippen LogP contribution >= 0.6 is 0 Å². The third-order valence-corrected chi connectivity index (χ3v) is 5.77. The summed E-state index contributed by atoms with van der Waals surface area (Å²) in [6.07, 6.45) is -6.68. The fourth-order valence-corrected chi connectivity index (χ4v) is 4.04. The average Bonchev–Trinajstić information content (AvgIpc) is 3.58. The predicted molar refractivity (Wildman–Crippen MR) is 126 cm³/mol. The number of carboxylic acids is 3. The lowest BCUT2D eigenvalue weighted by molar-refractivity contribution is -0.193. The molecule has 2 aliphatic heterocycles. The highest BCUT2D eigenvalue weighted by Gasteiger charge is 2.42. The number of rotatable bonds is 4. The minimum Gasteiger partial charge on any atom is -0.475 e. The molecule has 0 amide bonds. The van der Waals surface area contributed by atoms with E-state index in [4.69, 9.17) is 29.7 Å². The molecule has 43 heavy (non-hydrogen) atoms. The Labute approximate surface area is 237 Å². The molecule has 4 rings (SSSR count). The Morgan fingerprint density at radius 1 is 0.791 bits per heavy atom. The van der Waals surface area contributed by atoms with Gasteiger partial charge in [-0.15, -0.1) is 0 Å². The number of aromatic nitrogens is 3. The smallest absolute Gasteiger partial charge is 0.475 e. The van der Waals surface area contributed by atoms with Crippen molar-refractivity contribution in [3.05, 3.63) is 48.0 Å². The predicted octanol–water partition coefficient (Wildman–Crippen LogP) is 3.56. The SMILES string of the molecule is Cn1cc(CN2CC[C@@H]3[C@@H]2CCN3Cc2ccccn2)cn1.O=C(O)C(F)(F)F.O=C(O)C(F)(F)F.O=C(O)C(F)(F)F. The number of aryl methyl sites for hydroxylation is 1. The molecule has 2 fully saturated rings. The van der Waals surface area contributed by atoms with E-state index >= 15 is 0 Å². The lowest BCUT2D eigenvalue weighted by Crippen LogP contribution is -2.36. The number of likely N-dealkylation sites (tertiary alicyclic amines) is 2. The van der Waals surface area contributed by atoms with Crippen LogP contribution in [0.3, 0.4) is 0 Å². The van der Waals surface area contributed by atoms with Gasteiger partial charge in [-0.25, -0.2) is 14.4 Å². The van der Waals surface area contributed by atoms with Crippen molar-refractivity contribution in [3.63, 3.8) is 0 Å². The molecular weight excluding hydrogens is 613 g/mol. The van der Waals surface area contributed by atoms with Crippen LogP contribution in [0.1, 0.15) is 24.1 Å². The van der Waals surface area contributed by atoms with Gasteiger partial charge in [0.1, 0.15) is 0 Å². The van der Waals surface area contributed by atoms with Crippen molar-refractivity contribution in [2.45, 2.75) is 56.5 Å². The Morgan fingerprint density at radius 3 is 1.53 bits per heavy atom. The molecule has 2 saturated heterocycles. The lowest BCUT2D eigenvalue weighted by Gasteiger charge is -2.25. The Bertz CT molecular complexity index is 1130. The van der Waals surface area contributed by atoms with E-state index in [0.717, 1.165) is 13.1 Å². The molecule has 0 spiro atoms. The zero-order valence-corrected chi connectivity index (χ0v) is 22.1. The number of carboxylic acid groups (broad SMARTS) is 3. The summed E-state index contributed by atoms with van der Waals surface area (Å²) in [5, 5.41) is 25.7. The van der Waals surface area contributed by atoms with Crippen LogP contribution in [0.25, 0.3) is 0 Å². The van der Waals surface area contributed by atoms with Crippen molar-refractivity contribution < 1.29 is 69.2 Å². The molecule has 0 bridgehead atoms. The monoisotopic (exact) mass is 639 g/mol. The molecule has 0 aliphatic carbocycles. The largest absolute Gasteiger partial charge is 0.490 e. The van der Waals surface area contributed by atoms with Gasteiger partial charge in [-0.1, -0.05) is 6.07 Å². The molecule has 0 aromatic carbocycles. The zero-order chi connectivity index (χ0) is 33.2. The topological polar surface area (TPSA) is 149 Å². The molecule has 3 N–H and O–H groups in total. The van der Waals surface area contributed by atoms with Crippen LogP contribution in [-0.4, -0.2) is 101 Å². The maximum absolute atomic E-state index is 10.6. The quantitative estimate of drug-likeness (QED) is 0.424. The summed E-state index contributed by atoms with van der Waals surface area (Å²) >= 11 is 0. The van der Waals surface area contributed by atoms with Gasteiger partial charge in [0.15, 0.2) is 0 Å². The van der Waals surface area contributed by atoms with E-state index in [9.17, 15) is 39.5 Å². The number of hydrogen-bond donors (Lipinski definition) is 3. The van der Waals surface area contributed by atoms with E-state index in [0.29, 0.717) is 12.1 Å². The molecule has 0 saturated carbocycles. The van der Waals surface area contributed by atoms with Crippen molar-refractivity contribution in [2.24, 2.45) is 7.05 Å². The van der Waals surface area contributed by atoms with Crippen LogP contribution in [-0.2, 0) is 34.5 Å². The second kappa shape index (κ2) is 15.5. The van der Waals surface area contributed by atoms with Crippen molar-refractivity contribution in [3.8, 4) is 0 Å². The molecule has 0 unspecified atom stereocenters. The van der Waals surface area contributed by atoms with Gasteiger partial charge in [0.25, 0.3) is 0 Å². The fraction of sp³-hybridized carbons (Fsp3) is 0.522. The fourth-order valence-electron chi connectivity index (χ4n) is 4.04.